The molecule has 27 heavy (non-hydrogen) atoms. The minimum Gasteiger partial charge on any atom is -0.379 e. The van der Waals surface area contributed by atoms with Crippen LogP contribution in [0.25, 0.3) is 0 Å². The number of benzene rings is 1. The van der Waals surface area contributed by atoms with E-state index in [1.54, 1.807) is 6.07 Å². The van der Waals surface area contributed by atoms with E-state index in [4.69, 9.17) is 4.74 Å². The first-order valence-corrected chi connectivity index (χ1v) is 13.2. The lowest BCUT2D eigenvalue weighted by Crippen LogP contribution is -2.39. The minimum absolute atomic E-state index is 0.00172. The van der Waals surface area contributed by atoms with E-state index in [1.165, 1.54) is 12.1 Å². The van der Waals surface area contributed by atoms with Crippen LogP contribution in [0.15, 0.2) is 28.0 Å². The second-order valence-corrected chi connectivity index (χ2v) is 11.8. The highest BCUT2D eigenvalue weighted by Crippen LogP contribution is 2.30. The van der Waals surface area contributed by atoms with Crippen LogP contribution in [0, 0.1) is 5.92 Å². The first-order valence-electron chi connectivity index (χ1n) is 9.41. The monoisotopic (exact) mass is 417 g/mol. The number of anilines is 1. The average molecular weight is 418 g/mol. The van der Waals surface area contributed by atoms with E-state index >= 15 is 0 Å². The van der Waals surface area contributed by atoms with Gasteiger partial charge >= 0.3 is 0 Å². The zero-order valence-electron chi connectivity index (χ0n) is 16.6. The molecular weight excluding hydrogens is 386 g/mol. The number of hydrogen-bond acceptors (Lipinski definition) is 6. The Labute approximate surface area is 163 Å². The summed E-state index contributed by atoms with van der Waals surface area (Å²) in [5.74, 6) is 0.570. The van der Waals surface area contributed by atoms with Crippen molar-refractivity contribution in [2.75, 3.05) is 24.4 Å². The van der Waals surface area contributed by atoms with Crippen LogP contribution >= 0.6 is 0 Å². The lowest BCUT2D eigenvalue weighted by atomic mass is 9.92. The Morgan fingerprint density at radius 3 is 2.33 bits per heavy atom. The van der Waals surface area contributed by atoms with E-state index in [-0.39, 0.29) is 21.9 Å². The molecule has 0 saturated heterocycles. The lowest BCUT2D eigenvalue weighted by Gasteiger charge is -2.33. The molecular formula is C19H31NO5S2. The normalized spacial score (nSPS) is 21.4. The Balaban J connectivity index is 2.25. The Bertz CT molecular complexity index is 847. The maximum atomic E-state index is 12.2. The van der Waals surface area contributed by atoms with Gasteiger partial charge in [0.2, 0.25) is 0 Å². The van der Waals surface area contributed by atoms with Crippen molar-refractivity contribution in [2.45, 2.75) is 67.9 Å². The number of ether oxygens (including phenoxy) is 1. The maximum absolute atomic E-state index is 12.2. The van der Waals surface area contributed by atoms with Crippen molar-refractivity contribution in [1.29, 1.82) is 0 Å². The predicted molar refractivity (Wildman–Crippen MR) is 108 cm³/mol. The highest BCUT2D eigenvalue weighted by Gasteiger charge is 2.28. The minimum atomic E-state index is -3.58. The van der Waals surface area contributed by atoms with Gasteiger partial charge in [-0.3, -0.25) is 0 Å². The summed E-state index contributed by atoms with van der Waals surface area (Å²) in [6.45, 7) is 5.00. The highest BCUT2D eigenvalue weighted by molar-refractivity contribution is 7.91. The summed E-state index contributed by atoms with van der Waals surface area (Å²) >= 11 is 0. The van der Waals surface area contributed by atoms with Crippen molar-refractivity contribution in [3.8, 4) is 0 Å². The maximum Gasteiger partial charge on any atom is 0.177 e. The van der Waals surface area contributed by atoms with Crippen molar-refractivity contribution in [3.05, 3.63) is 18.2 Å². The van der Waals surface area contributed by atoms with E-state index in [0.717, 1.165) is 44.6 Å². The molecule has 1 aromatic carbocycles. The second kappa shape index (κ2) is 8.92. The van der Waals surface area contributed by atoms with Gasteiger partial charge in [-0.1, -0.05) is 26.7 Å². The van der Waals surface area contributed by atoms with Gasteiger partial charge in [0, 0.05) is 19.1 Å². The van der Waals surface area contributed by atoms with Crippen LogP contribution in [0.1, 0.15) is 46.0 Å². The smallest absolute Gasteiger partial charge is 0.177 e. The van der Waals surface area contributed by atoms with Gasteiger partial charge in [-0.15, -0.1) is 0 Å². The third-order valence-electron chi connectivity index (χ3n) is 4.85. The molecule has 0 radical (unpaired) electrons. The van der Waals surface area contributed by atoms with Crippen molar-refractivity contribution >= 4 is 25.4 Å². The van der Waals surface area contributed by atoms with Crippen LogP contribution in [0.2, 0.25) is 0 Å². The van der Waals surface area contributed by atoms with Gasteiger partial charge in [-0.05, 0) is 43.4 Å². The summed E-state index contributed by atoms with van der Waals surface area (Å²) in [4.78, 5) is 0.0128. The molecule has 0 amide bonds. The number of sulfone groups is 2. The largest absolute Gasteiger partial charge is 0.379 e. The molecule has 1 saturated carbocycles. The topological polar surface area (TPSA) is 89.5 Å². The van der Waals surface area contributed by atoms with Crippen LogP contribution in [0.4, 0.5) is 5.69 Å². The van der Waals surface area contributed by atoms with Gasteiger partial charge in [-0.2, -0.15) is 0 Å². The van der Waals surface area contributed by atoms with Gasteiger partial charge < -0.3 is 10.1 Å². The number of nitrogens with one attached hydrogen (secondary N) is 1. The summed E-state index contributed by atoms with van der Waals surface area (Å²) in [7, 11) is -7.06. The van der Waals surface area contributed by atoms with Crippen LogP contribution < -0.4 is 5.32 Å². The Hall–Kier alpha value is -1.12. The molecule has 0 aromatic heterocycles. The van der Waals surface area contributed by atoms with Crippen molar-refractivity contribution < 1.29 is 21.6 Å². The van der Waals surface area contributed by atoms with Crippen LogP contribution in [-0.4, -0.2) is 48.1 Å². The van der Waals surface area contributed by atoms with Gasteiger partial charge in [0.25, 0.3) is 0 Å². The van der Waals surface area contributed by atoms with E-state index in [9.17, 15) is 16.8 Å². The average Bonchev–Trinajstić information content (AvgIpc) is 2.54. The molecule has 154 valence electrons. The highest BCUT2D eigenvalue weighted by atomic mass is 32.2. The molecule has 0 heterocycles. The Morgan fingerprint density at radius 1 is 1.07 bits per heavy atom. The number of hydrogen-bond donors (Lipinski definition) is 1. The molecule has 8 heteroatoms. The third-order valence-corrected chi connectivity index (χ3v) is 7.10. The molecule has 1 aliphatic rings. The van der Waals surface area contributed by atoms with E-state index in [2.05, 4.69) is 19.2 Å². The van der Waals surface area contributed by atoms with Gasteiger partial charge in [0.1, 0.15) is 0 Å². The fourth-order valence-corrected chi connectivity index (χ4v) is 4.86. The van der Waals surface area contributed by atoms with Crippen molar-refractivity contribution in [1.82, 2.24) is 0 Å². The van der Waals surface area contributed by atoms with Crippen LogP contribution in [-0.2, 0) is 24.4 Å². The first kappa shape index (κ1) is 22.2. The summed E-state index contributed by atoms with van der Waals surface area (Å²) in [5.41, 5.74) is 0.439. The Kier molecular flexibility index (Phi) is 7.33. The quantitative estimate of drug-likeness (QED) is 0.698. The van der Waals surface area contributed by atoms with Crippen molar-refractivity contribution in [2.24, 2.45) is 5.92 Å². The van der Waals surface area contributed by atoms with E-state index < -0.39 is 19.7 Å². The molecule has 1 aromatic rings. The molecule has 1 N–H and O–H groups in total. The first-order chi connectivity index (χ1) is 12.5. The van der Waals surface area contributed by atoms with Crippen LogP contribution in [0.3, 0.4) is 0 Å². The second-order valence-electron chi connectivity index (χ2n) is 7.83. The predicted octanol–water partition coefficient (Wildman–Crippen LogP) is 3.28. The fourth-order valence-electron chi connectivity index (χ4n) is 3.28. The molecule has 0 spiro atoms. The number of rotatable bonds is 8. The summed E-state index contributed by atoms with van der Waals surface area (Å²) in [5, 5.41) is 3.32. The van der Waals surface area contributed by atoms with Crippen LogP contribution in [0.5, 0.6) is 0 Å². The molecule has 0 bridgehead atoms. The molecule has 1 fully saturated rings. The molecule has 0 aliphatic heterocycles. The lowest BCUT2D eigenvalue weighted by molar-refractivity contribution is 0.0149. The van der Waals surface area contributed by atoms with Crippen molar-refractivity contribution in [3.63, 3.8) is 0 Å². The summed E-state index contributed by atoms with van der Waals surface area (Å²) < 4.78 is 54.2. The molecule has 6 nitrogen and oxygen atoms in total. The molecule has 0 unspecified atom stereocenters. The molecule has 2 atom stereocenters. The summed E-state index contributed by atoms with van der Waals surface area (Å²) in [6, 6.07) is 4.25. The summed E-state index contributed by atoms with van der Waals surface area (Å²) in [6.07, 6.45) is 7.15. The molecule has 2 rings (SSSR count). The third kappa shape index (κ3) is 6.47. The Morgan fingerprint density at radius 2 is 1.74 bits per heavy atom. The SMILES string of the molecule is CC(C)CCO[C@@H]1CCCC[C@@H]1Nc1ccc(S(C)(=O)=O)cc1S(C)(=O)=O. The zero-order chi connectivity index (χ0) is 20.2. The van der Waals surface area contributed by atoms with E-state index in [1.807, 2.05) is 0 Å². The molecule has 1 aliphatic carbocycles. The van der Waals surface area contributed by atoms with E-state index in [0.29, 0.717) is 18.2 Å². The fraction of sp³-hybridized carbons (Fsp3) is 0.684. The van der Waals surface area contributed by atoms with Gasteiger partial charge in [-0.25, -0.2) is 16.8 Å². The van der Waals surface area contributed by atoms with Gasteiger partial charge in [0.05, 0.1) is 27.6 Å². The standard InChI is InChI=1S/C19H31NO5S2/c1-14(2)11-12-25-18-8-6-5-7-16(18)20-17-10-9-15(26(3,21)22)13-19(17)27(4,23)24/h9-10,13-14,16,18,20H,5-8,11-12H2,1-4H3/t16-,18+/m0/s1. The van der Waals surface area contributed by atoms with Gasteiger partial charge in [0.15, 0.2) is 19.7 Å². The zero-order valence-corrected chi connectivity index (χ0v) is 18.2.